The van der Waals surface area contributed by atoms with Crippen LogP contribution in [0, 0.1) is 0 Å². The maximum absolute atomic E-state index is 12.3. The number of rotatable bonds is 7. The molecule has 3 aromatic rings. The SMILES string of the molecule is Br.COC(=O)COc1ccc(C(=O)CSc2nc3ccc(Cl)cc3[nH]2)cc1. The number of aromatic amines is 1. The summed E-state index contributed by atoms with van der Waals surface area (Å²) in [6.07, 6.45) is 0. The number of methoxy groups -OCH3 is 1. The highest BCUT2D eigenvalue weighted by Gasteiger charge is 2.10. The van der Waals surface area contributed by atoms with E-state index in [1.807, 2.05) is 6.07 Å². The molecule has 1 N–H and O–H groups in total. The average Bonchev–Trinajstić information content (AvgIpc) is 3.06. The third-order valence-electron chi connectivity index (χ3n) is 3.52. The summed E-state index contributed by atoms with van der Waals surface area (Å²) in [5, 5.41) is 1.29. The molecule has 0 aliphatic heterocycles. The lowest BCUT2D eigenvalue weighted by Gasteiger charge is -2.05. The van der Waals surface area contributed by atoms with Crippen molar-refractivity contribution >= 4 is 63.1 Å². The number of carbonyl (C=O) groups excluding carboxylic acids is 2. The molecular formula is C18H16BrClN2O4S. The van der Waals surface area contributed by atoms with E-state index in [-0.39, 0.29) is 35.1 Å². The van der Waals surface area contributed by atoms with E-state index in [4.69, 9.17) is 16.3 Å². The van der Waals surface area contributed by atoms with Crippen LogP contribution in [-0.4, -0.2) is 41.2 Å². The van der Waals surface area contributed by atoms with Crippen molar-refractivity contribution in [2.75, 3.05) is 19.5 Å². The number of nitrogens with one attached hydrogen (secondary N) is 1. The molecule has 142 valence electrons. The number of carbonyl (C=O) groups is 2. The van der Waals surface area contributed by atoms with Gasteiger partial charge >= 0.3 is 5.97 Å². The Balaban J connectivity index is 0.00000261. The Morgan fingerprint density at radius 3 is 2.63 bits per heavy atom. The number of fused-ring (bicyclic) bond motifs is 1. The number of Topliss-reactive ketones (excluding diaryl/α,β-unsaturated/α-hetero) is 1. The van der Waals surface area contributed by atoms with Crippen LogP contribution in [0.25, 0.3) is 11.0 Å². The van der Waals surface area contributed by atoms with Gasteiger partial charge in [-0.15, -0.1) is 17.0 Å². The largest absolute Gasteiger partial charge is 0.482 e. The van der Waals surface area contributed by atoms with Crippen LogP contribution < -0.4 is 4.74 Å². The molecule has 1 aromatic heterocycles. The zero-order valence-electron chi connectivity index (χ0n) is 14.2. The summed E-state index contributed by atoms with van der Waals surface area (Å²) in [6, 6.07) is 12.0. The first kappa shape index (κ1) is 21.3. The molecule has 0 bridgehead atoms. The van der Waals surface area contributed by atoms with Crippen molar-refractivity contribution in [3.05, 3.63) is 53.1 Å². The lowest BCUT2D eigenvalue weighted by molar-refractivity contribution is -0.142. The molecule has 0 aliphatic carbocycles. The summed E-state index contributed by atoms with van der Waals surface area (Å²) < 4.78 is 9.75. The number of thioether (sulfide) groups is 1. The molecule has 0 atom stereocenters. The van der Waals surface area contributed by atoms with E-state index in [1.165, 1.54) is 18.9 Å². The fourth-order valence-corrected chi connectivity index (χ4v) is 3.13. The van der Waals surface area contributed by atoms with Gasteiger partial charge in [-0.3, -0.25) is 4.79 Å². The Labute approximate surface area is 175 Å². The number of benzene rings is 2. The minimum absolute atomic E-state index is 0. The van der Waals surface area contributed by atoms with Crippen LogP contribution in [0.4, 0.5) is 0 Å². The number of hydrogen-bond donors (Lipinski definition) is 1. The number of nitrogens with zero attached hydrogens (tertiary/aromatic N) is 1. The number of hydrogen-bond acceptors (Lipinski definition) is 6. The molecule has 0 fully saturated rings. The Bertz CT molecular complexity index is 946. The van der Waals surface area contributed by atoms with Gasteiger partial charge in [0.15, 0.2) is 17.5 Å². The summed E-state index contributed by atoms with van der Waals surface area (Å²) in [5.74, 6) is 0.242. The van der Waals surface area contributed by atoms with E-state index in [9.17, 15) is 9.59 Å². The molecule has 2 aromatic carbocycles. The van der Waals surface area contributed by atoms with Gasteiger partial charge in [0.05, 0.1) is 23.9 Å². The summed E-state index contributed by atoms with van der Waals surface area (Å²) in [7, 11) is 1.29. The Morgan fingerprint density at radius 2 is 1.93 bits per heavy atom. The van der Waals surface area contributed by atoms with Crippen molar-refractivity contribution in [2.45, 2.75) is 5.16 Å². The van der Waals surface area contributed by atoms with E-state index in [0.29, 0.717) is 21.5 Å². The van der Waals surface area contributed by atoms with Crippen molar-refractivity contribution in [3.63, 3.8) is 0 Å². The molecule has 9 heteroatoms. The molecule has 0 saturated heterocycles. The maximum Gasteiger partial charge on any atom is 0.343 e. The third kappa shape index (κ3) is 5.72. The highest BCUT2D eigenvalue weighted by Crippen LogP contribution is 2.23. The highest BCUT2D eigenvalue weighted by molar-refractivity contribution is 8.93. The van der Waals surface area contributed by atoms with Gasteiger partial charge in [-0.1, -0.05) is 23.4 Å². The second-order valence-corrected chi connectivity index (χ2v) is 6.70. The van der Waals surface area contributed by atoms with Gasteiger partial charge in [0.1, 0.15) is 5.75 Å². The molecule has 0 amide bonds. The number of H-pyrrole nitrogens is 1. The molecule has 0 radical (unpaired) electrons. The molecular weight excluding hydrogens is 456 g/mol. The van der Waals surface area contributed by atoms with Gasteiger partial charge < -0.3 is 14.5 Å². The van der Waals surface area contributed by atoms with Gasteiger partial charge in [0, 0.05) is 10.6 Å². The van der Waals surface area contributed by atoms with Gasteiger partial charge in [-0.2, -0.15) is 0 Å². The Hall–Kier alpha value is -2.03. The fourth-order valence-electron chi connectivity index (χ4n) is 2.18. The first-order valence-electron chi connectivity index (χ1n) is 7.66. The normalized spacial score (nSPS) is 10.3. The Morgan fingerprint density at radius 1 is 1.19 bits per heavy atom. The van der Waals surface area contributed by atoms with Crippen molar-refractivity contribution in [1.29, 1.82) is 0 Å². The smallest absolute Gasteiger partial charge is 0.343 e. The second-order valence-electron chi connectivity index (χ2n) is 5.30. The number of esters is 1. The van der Waals surface area contributed by atoms with Gasteiger partial charge in [0.2, 0.25) is 0 Å². The predicted molar refractivity (Wildman–Crippen MR) is 110 cm³/mol. The lowest BCUT2D eigenvalue weighted by atomic mass is 10.1. The summed E-state index contributed by atoms with van der Waals surface area (Å²) in [4.78, 5) is 30.9. The monoisotopic (exact) mass is 470 g/mol. The third-order valence-corrected chi connectivity index (χ3v) is 4.63. The first-order valence-corrected chi connectivity index (χ1v) is 9.02. The van der Waals surface area contributed by atoms with Crippen LogP contribution in [0.15, 0.2) is 47.6 Å². The van der Waals surface area contributed by atoms with E-state index < -0.39 is 5.97 Å². The minimum atomic E-state index is -0.464. The number of halogens is 2. The van der Waals surface area contributed by atoms with Crippen LogP contribution >= 0.6 is 40.3 Å². The summed E-state index contributed by atoms with van der Waals surface area (Å²) in [6.45, 7) is -0.171. The fraction of sp³-hybridized carbons (Fsp3) is 0.167. The average molecular weight is 472 g/mol. The molecule has 27 heavy (non-hydrogen) atoms. The predicted octanol–water partition coefficient (Wildman–Crippen LogP) is 4.32. The van der Waals surface area contributed by atoms with Gasteiger partial charge in [0.25, 0.3) is 0 Å². The summed E-state index contributed by atoms with van der Waals surface area (Å²) in [5.41, 5.74) is 2.19. The molecule has 0 aliphatic rings. The van der Waals surface area contributed by atoms with Crippen LogP contribution in [-0.2, 0) is 9.53 Å². The standard InChI is InChI=1S/C18H15ClN2O4S.BrH/c1-24-17(23)9-25-13-5-2-11(3-6-13)16(22)10-26-18-20-14-7-4-12(19)8-15(14)21-18;/h2-8H,9-10H2,1H3,(H,20,21);1H. The van der Waals surface area contributed by atoms with Crippen LogP contribution in [0.1, 0.15) is 10.4 Å². The number of imidazole rings is 1. The van der Waals surface area contributed by atoms with Crippen LogP contribution in [0.5, 0.6) is 5.75 Å². The molecule has 3 rings (SSSR count). The molecule has 0 spiro atoms. The van der Waals surface area contributed by atoms with Gasteiger partial charge in [-0.05, 0) is 42.5 Å². The van der Waals surface area contributed by atoms with E-state index in [2.05, 4.69) is 14.7 Å². The Kier molecular flexibility index (Phi) is 7.70. The number of ketones is 1. The number of aromatic nitrogens is 2. The van der Waals surface area contributed by atoms with Crippen LogP contribution in [0.2, 0.25) is 5.02 Å². The molecule has 6 nitrogen and oxygen atoms in total. The van der Waals surface area contributed by atoms with Crippen molar-refractivity contribution in [2.24, 2.45) is 0 Å². The van der Waals surface area contributed by atoms with Crippen molar-refractivity contribution < 1.29 is 19.1 Å². The zero-order valence-corrected chi connectivity index (χ0v) is 17.5. The highest BCUT2D eigenvalue weighted by atomic mass is 79.9. The van der Waals surface area contributed by atoms with Crippen LogP contribution in [0.3, 0.4) is 0 Å². The zero-order chi connectivity index (χ0) is 18.5. The van der Waals surface area contributed by atoms with E-state index in [1.54, 1.807) is 36.4 Å². The second kappa shape index (κ2) is 9.77. The summed E-state index contributed by atoms with van der Waals surface area (Å²) >= 11 is 7.28. The minimum Gasteiger partial charge on any atom is -0.482 e. The van der Waals surface area contributed by atoms with Crippen molar-refractivity contribution in [3.8, 4) is 5.75 Å². The van der Waals surface area contributed by atoms with Crippen molar-refractivity contribution in [1.82, 2.24) is 9.97 Å². The van der Waals surface area contributed by atoms with E-state index in [0.717, 1.165) is 11.0 Å². The quantitative estimate of drug-likeness (QED) is 0.314. The lowest BCUT2D eigenvalue weighted by Crippen LogP contribution is -2.12. The van der Waals surface area contributed by atoms with E-state index >= 15 is 0 Å². The topological polar surface area (TPSA) is 81.3 Å². The molecule has 0 saturated carbocycles. The number of ether oxygens (including phenoxy) is 2. The molecule has 0 unspecified atom stereocenters. The maximum atomic E-state index is 12.3. The molecule has 1 heterocycles. The van der Waals surface area contributed by atoms with Gasteiger partial charge in [-0.25, -0.2) is 9.78 Å². The first-order chi connectivity index (χ1) is 12.5.